The molecule has 1 aromatic carbocycles. The first-order chi connectivity index (χ1) is 16.5. The lowest BCUT2D eigenvalue weighted by molar-refractivity contribution is -0.140. The van der Waals surface area contributed by atoms with E-state index in [9.17, 15) is 9.59 Å². The van der Waals surface area contributed by atoms with Crippen molar-refractivity contribution in [2.45, 2.75) is 90.0 Å². The molecule has 6 heteroatoms. The Kier molecular flexibility index (Phi) is 9.81. The Morgan fingerprint density at radius 2 is 1.41 bits per heavy atom. The van der Waals surface area contributed by atoms with Crippen molar-refractivity contribution in [2.24, 2.45) is 17.6 Å². The minimum atomic E-state index is -0.941. The molecule has 0 atom stereocenters. The lowest BCUT2D eigenvalue weighted by atomic mass is 9.62. The molecule has 34 heavy (non-hydrogen) atoms. The number of rotatable bonds is 11. The van der Waals surface area contributed by atoms with Gasteiger partial charge in [0.2, 0.25) is 5.91 Å². The summed E-state index contributed by atoms with van der Waals surface area (Å²) >= 11 is 0. The number of nitrogen functional groups attached to an aromatic ring is 1. The van der Waals surface area contributed by atoms with Crippen LogP contribution in [0.25, 0.3) is 0 Å². The predicted octanol–water partition coefficient (Wildman–Crippen LogP) is 4.83. The van der Waals surface area contributed by atoms with E-state index < -0.39 is 5.54 Å². The van der Waals surface area contributed by atoms with E-state index in [0.29, 0.717) is 17.8 Å². The monoisotopic (exact) mass is 470 g/mol. The Hall–Kier alpha value is -2.08. The second kappa shape index (κ2) is 12.6. The van der Waals surface area contributed by atoms with Gasteiger partial charge in [-0.15, -0.1) is 0 Å². The molecular formula is C28H46N4O2. The number of hydrogen-bond donors (Lipinski definition) is 2. The molecule has 2 amide bonds. The first kappa shape index (κ1) is 26.5. The first-order valence-corrected chi connectivity index (χ1v) is 13.6. The van der Waals surface area contributed by atoms with E-state index in [-0.39, 0.29) is 23.7 Å². The molecule has 0 spiro atoms. The van der Waals surface area contributed by atoms with Crippen molar-refractivity contribution in [3.05, 3.63) is 29.8 Å². The number of primary amides is 1. The summed E-state index contributed by atoms with van der Waals surface area (Å²) in [7, 11) is 0. The number of anilines is 1. The van der Waals surface area contributed by atoms with Crippen LogP contribution in [-0.2, 0) is 4.79 Å². The fourth-order valence-corrected chi connectivity index (χ4v) is 6.68. The third-order valence-electron chi connectivity index (χ3n) is 8.48. The Morgan fingerprint density at radius 3 is 1.88 bits per heavy atom. The zero-order valence-corrected chi connectivity index (χ0v) is 21.4. The topological polar surface area (TPSA) is 92.7 Å². The van der Waals surface area contributed by atoms with E-state index in [1.54, 1.807) is 12.1 Å². The van der Waals surface area contributed by atoms with Crippen molar-refractivity contribution >= 4 is 17.5 Å². The van der Waals surface area contributed by atoms with Gasteiger partial charge in [0.25, 0.3) is 5.91 Å². The Morgan fingerprint density at radius 1 is 0.882 bits per heavy atom. The largest absolute Gasteiger partial charge is 0.398 e. The zero-order chi connectivity index (χ0) is 24.6. The van der Waals surface area contributed by atoms with Gasteiger partial charge in [-0.3, -0.25) is 9.59 Å². The summed E-state index contributed by atoms with van der Waals surface area (Å²) in [6, 6.07) is 7.27. The molecule has 0 bridgehead atoms. The molecule has 3 rings (SSSR count). The molecule has 0 heterocycles. The van der Waals surface area contributed by atoms with Crippen LogP contribution >= 0.6 is 0 Å². The van der Waals surface area contributed by atoms with E-state index in [1.807, 2.05) is 17.0 Å². The molecule has 4 N–H and O–H groups in total. The van der Waals surface area contributed by atoms with Gasteiger partial charge < -0.3 is 21.3 Å². The highest BCUT2D eigenvalue weighted by molar-refractivity contribution is 6.02. The fourth-order valence-electron chi connectivity index (χ4n) is 6.68. The van der Waals surface area contributed by atoms with E-state index in [0.717, 1.165) is 77.4 Å². The number of para-hydroxylation sites is 1. The molecular weight excluding hydrogens is 424 g/mol. The van der Waals surface area contributed by atoms with Crippen molar-refractivity contribution in [1.29, 1.82) is 0 Å². The fraction of sp³-hybridized carbons (Fsp3) is 0.714. The maximum atomic E-state index is 14.2. The number of benzene rings is 1. The standard InChI is InChI=1S/C28H46N4O2/c1-3-31(4-2)20-13-21-32(26(33)24-18-11-12-19-25(24)29)28(27(30)34,22-14-7-5-8-15-22)23-16-9-6-10-17-23/h11-12,18-19,22-23H,3-10,13-17,20-21,29H2,1-2H3,(H2,30,34). The molecule has 0 aromatic heterocycles. The minimum Gasteiger partial charge on any atom is -0.398 e. The summed E-state index contributed by atoms with van der Waals surface area (Å²) in [4.78, 5) is 32.2. The number of amides is 2. The van der Waals surface area contributed by atoms with Crippen LogP contribution in [0.5, 0.6) is 0 Å². The second-order valence-corrected chi connectivity index (χ2v) is 10.3. The molecule has 0 saturated heterocycles. The number of carbonyl (C=O) groups is 2. The van der Waals surface area contributed by atoms with Crippen molar-refractivity contribution in [1.82, 2.24) is 9.80 Å². The zero-order valence-electron chi connectivity index (χ0n) is 21.4. The number of hydrogen-bond acceptors (Lipinski definition) is 4. The summed E-state index contributed by atoms with van der Waals surface area (Å²) in [6.07, 6.45) is 11.4. The molecule has 2 saturated carbocycles. The predicted molar refractivity (Wildman–Crippen MR) is 139 cm³/mol. The van der Waals surface area contributed by atoms with Crippen LogP contribution in [-0.4, -0.2) is 53.3 Å². The highest BCUT2D eigenvalue weighted by Crippen LogP contribution is 2.47. The maximum absolute atomic E-state index is 14.2. The molecule has 0 unspecified atom stereocenters. The van der Waals surface area contributed by atoms with Crippen LogP contribution < -0.4 is 11.5 Å². The molecule has 0 radical (unpaired) electrons. The van der Waals surface area contributed by atoms with Gasteiger partial charge in [0.1, 0.15) is 5.54 Å². The van der Waals surface area contributed by atoms with Crippen LogP contribution in [0.3, 0.4) is 0 Å². The lowest BCUT2D eigenvalue weighted by Crippen LogP contribution is -2.68. The van der Waals surface area contributed by atoms with Crippen molar-refractivity contribution in [3.8, 4) is 0 Å². The normalized spacial score (nSPS) is 18.2. The first-order valence-electron chi connectivity index (χ1n) is 13.6. The molecule has 0 aliphatic heterocycles. The highest BCUT2D eigenvalue weighted by atomic mass is 16.2. The number of nitrogens with two attached hydrogens (primary N) is 2. The van der Waals surface area contributed by atoms with Crippen LogP contribution in [0.2, 0.25) is 0 Å². The van der Waals surface area contributed by atoms with Gasteiger partial charge in [-0.05, 0) is 75.7 Å². The van der Waals surface area contributed by atoms with Gasteiger partial charge >= 0.3 is 0 Å². The lowest BCUT2D eigenvalue weighted by Gasteiger charge is -2.53. The quantitative estimate of drug-likeness (QED) is 0.453. The van der Waals surface area contributed by atoms with E-state index in [2.05, 4.69) is 18.7 Å². The molecule has 190 valence electrons. The number of carbonyl (C=O) groups excluding carboxylic acids is 2. The molecule has 2 fully saturated rings. The van der Waals surface area contributed by atoms with Gasteiger partial charge in [-0.25, -0.2) is 0 Å². The van der Waals surface area contributed by atoms with Crippen molar-refractivity contribution in [2.75, 3.05) is 31.9 Å². The summed E-state index contributed by atoms with van der Waals surface area (Å²) in [6.45, 7) is 7.69. The highest BCUT2D eigenvalue weighted by Gasteiger charge is 2.55. The minimum absolute atomic E-state index is 0.115. The Bertz CT molecular complexity index is 777. The van der Waals surface area contributed by atoms with Crippen LogP contribution in [0, 0.1) is 11.8 Å². The smallest absolute Gasteiger partial charge is 0.256 e. The molecule has 2 aliphatic carbocycles. The van der Waals surface area contributed by atoms with E-state index >= 15 is 0 Å². The average Bonchev–Trinajstić information content (AvgIpc) is 2.87. The third kappa shape index (κ3) is 5.59. The van der Waals surface area contributed by atoms with Gasteiger partial charge in [0.05, 0.1) is 5.56 Å². The summed E-state index contributed by atoms with van der Waals surface area (Å²) in [5, 5.41) is 0. The van der Waals surface area contributed by atoms with Crippen LogP contribution in [0.4, 0.5) is 5.69 Å². The molecule has 6 nitrogen and oxygen atoms in total. The third-order valence-corrected chi connectivity index (χ3v) is 8.48. The van der Waals surface area contributed by atoms with Crippen molar-refractivity contribution in [3.63, 3.8) is 0 Å². The van der Waals surface area contributed by atoms with Gasteiger partial charge in [-0.1, -0.05) is 64.5 Å². The van der Waals surface area contributed by atoms with Crippen LogP contribution in [0.1, 0.15) is 94.8 Å². The SMILES string of the molecule is CCN(CC)CCCN(C(=O)c1ccccc1N)C(C(N)=O)(C1CCCCC1)C1CCCCC1. The second-order valence-electron chi connectivity index (χ2n) is 10.3. The summed E-state index contributed by atoms with van der Waals surface area (Å²) in [5.41, 5.74) is 12.7. The van der Waals surface area contributed by atoms with Gasteiger partial charge in [0, 0.05) is 12.2 Å². The summed E-state index contributed by atoms with van der Waals surface area (Å²) < 4.78 is 0. The Balaban J connectivity index is 2.07. The molecule has 2 aliphatic rings. The van der Waals surface area contributed by atoms with Gasteiger partial charge in [0.15, 0.2) is 0 Å². The van der Waals surface area contributed by atoms with E-state index in [1.165, 1.54) is 12.8 Å². The Labute approximate surface area is 206 Å². The average molecular weight is 471 g/mol. The molecule has 1 aromatic rings. The maximum Gasteiger partial charge on any atom is 0.256 e. The van der Waals surface area contributed by atoms with Gasteiger partial charge in [-0.2, -0.15) is 0 Å². The number of nitrogens with zero attached hydrogens (tertiary/aromatic N) is 2. The van der Waals surface area contributed by atoms with E-state index in [4.69, 9.17) is 11.5 Å². The van der Waals surface area contributed by atoms with Crippen molar-refractivity contribution < 1.29 is 9.59 Å². The summed E-state index contributed by atoms with van der Waals surface area (Å²) in [5.74, 6) is -0.210. The van der Waals surface area contributed by atoms with Crippen LogP contribution in [0.15, 0.2) is 24.3 Å².